The summed E-state index contributed by atoms with van der Waals surface area (Å²) < 4.78 is 5.88. The maximum absolute atomic E-state index is 12.3. The van der Waals surface area contributed by atoms with Crippen molar-refractivity contribution in [2.24, 2.45) is 0 Å². The van der Waals surface area contributed by atoms with Crippen LogP contribution in [0.5, 0.6) is 11.5 Å². The van der Waals surface area contributed by atoms with Crippen molar-refractivity contribution in [2.45, 2.75) is 72.6 Å². The summed E-state index contributed by atoms with van der Waals surface area (Å²) in [6, 6.07) is 16.1. The van der Waals surface area contributed by atoms with E-state index in [0.717, 1.165) is 33.4 Å². The molecule has 184 valence electrons. The second-order valence-electron chi connectivity index (χ2n) is 11.5. The zero-order valence-electron chi connectivity index (χ0n) is 22.4. The normalized spacial score (nSPS) is 11.9. The van der Waals surface area contributed by atoms with Gasteiger partial charge in [-0.25, -0.2) is 4.79 Å². The molecule has 0 saturated carbocycles. The Balaban J connectivity index is 2.32. The molecule has 0 atom stereocenters. The SMILES string of the molecule is C=CC(=O)Oc1c(Cc2cc(C)cc(C(C)(C)C)c2-c2ccc(O)cc2)cc(C)cc1C(C)(C)C. The summed E-state index contributed by atoms with van der Waals surface area (Å²) in [5.41, 5.74) is 8.58. The zero-order chi connectivity index (χ0) is 26.1. The summed E-state index contributed by atoms with van der Waals surface area (Å²) in [6.07, 6.45) is 1.81. The van der Waals surface area contributed by atoms with Crippen LogP contribution in [0.1, 0.15) is 74.9 Å². The van der Waals surface area contributed by atoms with Crippen molar-refractivity contribution < 1.29 is 14.6 Å². The van der Waals surface area contributed by atoms with Crippen molar-refractivity contribution in [2.75, 3.05) is 0 Å². The number of rotatable bonds is 5. The highest BCUT2D eigenvalue weighted by Gasteiger charge is 2.26. The van der Waals surface area contributed by atoms with Gasteiger partial charge in [0, 0.05) is 18.1 Å². The fourth-order valence-electron chi connectivity index (χ4n) is 4.57. The molecule has 3 nitrogen and oxygen atoms in total. The second kappa shape index (κ2) is 9.73. The summed E-state index contributed by atoms with van der Waals surface area (Å²) in [5.74, 6) is 0.398. The van der Waals surface area contributed by atoms with E-state index in [-0.39, 0.29) is 16.6 Å². The summed E-state index contributed by atoms with van der Waals surface area (Å²) in [6.45, 7) is 20.8. The minimum Gasteiger partial charge on any atom is -0.508 e. The van der Waals surface area contributed by atoms with Crippen LogP contribution in [0.2, 0.25) is 0 Å². The summed E-state index contributed by atoms with van der Waals surface area (Å²) in [4.78, 5) is 12.3. The van der Waals surface area contributed by atoms with Crippen LogP contribution >= 0.6 is 0 Å². The molecular weight excluding hydrogens is 432 g/mol. The third-order valence-corrected chi connectivity index (χ3v) is 6.20. The molecule has 35 heavy (non-hydrogen) atoms. The molecule has 0 aliphatic carbocycles. The smallest absolute Gasteiger partial charge is 0.335 e. The molecular formula is C32H38O3. The number of carbonyl (C=O) groups is 1. The number of aromatic hydroxyl groups is 1. The van der Waals surface area contributed by atoms with Crippen LogP contribution in [-0.2, 0) is 22.0 Å². The molecule has 0 aliphatic rings. The lowest BCUT2D eigenvalue weighted by Gasteiger charge is -2.28. The van der Waals surface area contributed by atoms with Crippen LogP contribution in [0.15, 0.2) is 61.2 Å². The van der Waals surface area contributed by atoms with Crippen molar-refractivity contribution in [1.29, 1.82) is 0 Å². The Kier molecular flexibility index (Phi) is 7.31. The topological polar surface area (TPSA) is 46.5 Å². The fourth-order valence-corrected chi connectivity index (χ4v) is 4.57. The first-order valence-corrected chi connectivity index (χ1v) is 12.1. The molecule has 0 bridgehead atoms. The predicted octanol–water partition coefficient (Wildman–Crippen LogP) is 7.95. The van der Waals surface area contributed by atoms with Crippen LogP contribution < -0.4 is 4.74 Å². The summed E-state index contributed by atoms with van der Waals surface area (Å²) in [5, 5.41) is 9.91. The number of carbonyl (C=O) groups excluding carboxylic acids is 1. The number of ether oxygens (including phenoxy) is 1. The quantitative estimate of drug-likeness (QED) is 0.234. The molecule has 0 aliphatic heterocycles. The Bertz CT molecular complexity index is 1250. The van der Waals surface area contributed by atoms with Gasteiger partial charge >= 0.3 is 5.97 Å². The maximum Gasteiger partial charge on any atom is 0.335 e. The van der Waals surface area contributed by atoms with E-state index in [0.29, 0.717) is 12.2 Å². The van der Waals surface area contributed by atoms with Crippen LogP contribution in [-0.4, -0.2) is 11.1 Å². The average Bonchev–Trinajstić information content (AvgIpc) is 2.74. The number of aryl methyl sites for hydroxylation is 2. The molecule has 1 N–H and O–H groups in total. The van der Waals surface area contributed by atoms with E-state index < -0.39 is 5.97 Å². The molecule has 3 heteroatoms. The summed E-state index contributed by atoms with van der Waals surface area (Å²) >= 11 is 0. The van der Waals surface area contributed by atoms with E-state index in [4.69, 9.17) is 4.74 Å². The molecule has 0 heterocycles. The second-order valence-corrected chi connectivity index (χ2v) is 11.5. The Labute approximate surface area is 210 Å². The molecule has 0 radical (unpaired) electrons. The monoisotopic (exact) mass is 470 g/mol. The predicted molar refractivity (Wildman–Crippen MR) is 145 cm³/mol. The van der Waals surface area contributed by atoms with E-state index >= 15 is 0 Å². The van der Waals surface area contributed by atoms with Gasteiger partial charge in [-0.05, 0) is 64.6 Å². The molecule has 0 aromatic heterocycles. The lowest BCUT2D eigenvalue weighted by Crippen LogP contribution is -2.18. The van der Waals surface area contributed by atoms with Crippen LogP contribution in [0, 0.1) is 13.8 Å². The van der Waals surface area contributed by atoms with Crippen molar-refractivity contribution in [1.82, 2.24) is 0 Å². The molecule has 0 amide bonds. The average molecular weight is 471 g/mol. The van der Waals surface area contributed by atoms with Gasteiger partial charge < -0.3 is 9.84 Å². The van der Waals surface area contributed by atoms with Crippen molar-refractivity contribution in [3.8, 4) is 22.6 Å². The number of esters is 1. The summed E-state index contributed by atoms with van der Waals surface area (Å²) in [7, 11) is 0. The highest BCUT2D eigenvalue weighted by Crippen LogP contribution is 2.41. The zero-order valence-corrected chi connectivity index (χ0v) is 22.4. The van der Waals surface area contributed by atoms with Gasteiger partial charge in [-0.15, -0.1) is 0 Å². The van der Waals surface area contributed by atoms with Gasteiger partial charge in [-0.1, -0.05) is 95.6 Å². The van der Waals surface area contributed by atoms with Crippen molar-refractivity contribution in [3.63, 3.8) is 0 Å². The largest absolute Gasteiger partial charge is 0.508 e. The minimum atomic E-state index is -0.459. The number of phenolic OH excluding ortho intramolecular Hbond substituents is 1. The van der Waals surface area contributed by atoms with Gasteiger partial charge in [-0.2, -0.15) is 0 Å². The molecule has 3 aromatic carbocycles. The maximum atomic E-state index is 12.3. The van der Waals surface area contributed by atoms with Gasteiger partial charge in [-0.3, -0.25) is 0 Å². The number of phenols is 1. The Morgan fingerprint density at radius 3 is 1.89 bits per heavy atom. The van der Waals surface area contributed by atoms with E-state index in [9.17, 15) is 9.90 Å². The van der Waals surface area contributed by atoms with Crippen molar-refractivity contribution >= 4 is 5.97 Å². The van der Waals surface area contributed by atoms with E-state index in [1.807, 2.05) is 12.1 Å². The number of hydrogen-bond donors (Lipinski definition) is 1. The molecule has 0 spiro atoms. The standard InChI is InChI=1S/C32H38O3/c1-10-28(34)35-30-24(16-21(3)18-27(30)32(7,8)9)19-23-15-20(2)17-26(31(4,5)6)29(23)22-11-13-25(33)14-12-22/h10-18,33H,1,19H2,2-9H3. The Morgan fingerprint density at radius 2 is 1.37 bits per heavy atom. The molecule has 0 saturated heterocycles. The van der Waals surface area contributed by atoms with Crippen LogP contribution in [0.3, 0.4) is 0 Å². The van der Waals surface area contributed by atoms with Crippen LogP contribution in [0.4, 0.5) is 0 Å². The fraction of sp³-hybridized carbons (Fsp3) is 0.344. The third kappa shape index (κ3) is 6.03. The van der Waals surface area contributed by atoms with Gasteiger partial charge in [0.05, 0.1) is 0 Å². The minimum absolute atomic E-state index is 0.0880. The Morgan fingerprint density at radius 1 is 0.857 bits per heavy atom. The molecule has 3 aromatic rings. The number of benzene rings is 3. The number of hydrogen-bond acceptors (Lipinski definition) is 3. The molecule has 0 unspecified atom stereocenters. The van der Waals surface area contributed by atoms with Gasteiger partial charge in [0.2, 0.25) is 0 Å². The first kappa shape index (κ1) is 26.3. The first-order chi connectivity index (χ1) is 16.2. The Hall–Kier alpha value is -3.33. The van der Waals surface area contributed by atoms with E-state index in [2.05, 4.69) is 86.2 Å². The molecule has 0 fully saturated rings. The molecule has 3 rings (SSSR count). The highest BCUT2D eigenvalue weighted by atomic mass is 16.5. The van der Waals surface area contributed by atoms with E-state index in [1.54, 1.807) is 12.1 Å². The third-order valence-electron chi connectivity index (χ3n) is 6.20. The highest BCUT2D eigenvalue weighted by molar-refractivity contribution is 5.84. The lowest BCUT2D eigenvalue weighted by atomic mass is 9.77. The first-order valence-electron chi connectivity index (χ1n) is 12.1. The van der Waals surface area contributed by atoms with Gasteiger partial charge in [0.1, 0.15) is 11.5 Å². The van der Waals surface area contributed by atoms with Crippen molar-refractivity contribution in [3.05, 3.63) is 94.6 Å². The lowest BCUT2D eigenvalue weighted by molar-refractivity contribution is -0.129. The van der Waals surface area contributed by atoms with Crippen LogP contribution in [0.25, 0.3) is 11.1 Å². The van der Waals surface area contributed by atoms with Gasteiger partial charge in [0.15, 0.2) is 0 Å². The van der Waals surface area contributed by atoms with E-state index in [1.165, 1.54) is 17.2 Å². The van der Waals surface area contributed by atoms with Gasteiger partial charge in [0.25, 0.3) is 0 Å².